The molecular formula is C15H27N5. The van der Waals surface area contributed by atoms with Gasteiger partial charge in [-0.05, 0) is 39.0 Å². The van der Waals surface area contributed by atoms with Crippen LogP contribution in [0.25, 0.3) is 0 Å². The summed E-state index contributed by atoms with van der Waals surface area (Å²) in [4.78, 5) is 7.06. The Morgan fingerprint density at radius 3 is 2.90 bits per heavy atom. The number of hydrogen-bond donors (Lipinski definition) is 1. The Morgan fingerprint density at radius 2 is 2.20 bits per heavy atom. The van der Waals surface area contributed by atoms with Gasteiger partial charge in [0.2, 0.25) is 0 Å². The Balaban J connectivity index is 1.70. The van der Waals surface area contributed by atoms with Crippen molar-refractivity contribution in [1.82, 2.24) is 25.0 Å². The van der Waals surface area contributed by atoms with Crippen molar-refractivity contribution in [2.24, 2.45) is 5.92 Å². The minimum absolute atomic E-state index is 0.189. The van der Waals surface area contributed by atoms with Crippen LogP contribution in [0.4, 0.5) is 0 Å². The van der Waals surface area contributed by atoms with Crippen LogP contribution in [0.15, 0.2) is 6.33 Å². The van der Waals surface area contributed by atoms with E-state index in [0.29, 0.717) is 6.04 Å². The molecule has 1 saturated heterocycles. The topological polar surface area (TPSA) is 46.0 Å². The highest BCUT2D eigenvalue weighted by Gasteiger charge is 2.40. The van der Waals surface area contributed by atoms with Gasteiger partial charge in [0.1, 0.15) is 12.2 Å². The molecule has 1 aromatic heterocycles. The second-order valence-electron chi connectivity index (χ2n) is 6.92. The van der Waals surface area contributed by atoms with E-state index in [9.17, 15) is 0 Å². The van der Waals surface area contributed by atoms with Crippen molar-refractivity contribution in [3.8, 4) is 0 Å². The van der Waals surface area contributed by atoms with Crippen LogP contribution in [-0.2, 0) is 13.1 Å². The fourth-order valence-corrected chi connectivity index (χ4v) is 3.11. The standard InChI is InChI=1S/C15H27N5/c1-4-7-20-14(17-11-18-20)9-19-8-13(12-5-6-12)16-10-15(19,2)3/h11-13,16H,4-10H2,1-3H3. The lowest BCUT2D eigenvalue weighted by atomic mass is 9.95. The Kier molecular flexibility index (Phi) is 3.82. The zero-order valence-corrected chi connectivity index (χ0v) is 13.0. The van der Waals surface area contributed by atoms with Crippen LogP contribution in [-0.4, -0.2) is 44.3 Å². The van der Waals surface area contributed by atoms with E-state index in [1.54, 1.807) is 6.33 Å². The van der Waals surface area contributed by atoms with Gasteiger partial charge in [0.25, 0.3) is 0 Å². The Bertz CT molecular complexity index is 449. The van der Waals surface area contributed by atoms with Gasteiger partial charge >= 0.3 is 0 Å². The maximum atomic E-state index is 4.47. The SMILES string of the molecule is CCCn1ncnc1CN1CC(C2CC2)NCC1(C)C. The van der Waals surface area contributed by atoms with E-state index < -0.39 is 0 Å². The Labute approximate surface area is 121 Å². The van der Waals surface area contributed by atoms with Gasteiger partial charge in [0, 0.05) is 31.2 Å². The molecule has 5 heteroatoms. The van der Waals surface area contributed by atoms with Crippen molar-refractivity contribution in [2.75, 3.05) is 13.1 Å². The maximum absolute atomic E-state index is 4.47. The van der Waals surface area contributed by atoms with Crippen LogP contribution in [0, 0.1) is 5.92 Å². The number of aromatic nitrogens is 3. The van der Waals surface area contributed by atoms with Crippen LogP contribution < -0.4 is 5.32 Å². The van der Waals surface area contributed by atoms with Gasteiger partial charge in [-0.1, -0.05) is 6.92 Å². The van der Waals surface area contributed by atoms with E-state index in [4.69, 9.17) is 0 Å². The summed E-state index contributed by atoms with van der Waals surface area (Å²) in [5.74, 6) is 2.01. The van der Waals surface area contributed by atoms with Crippen LogP contribution in [0.1, 0.15) is 45.9 Å². The minimum atomic E-state index is 0.189. The second kappa shape index (κ2) is 5.45. The molecule has 2 fully saturated rings. The first-order valence-electron chi connectivity index (χ1n) is 7.95. The average molecular weight is 277 g/mol. The van der Waals surface area contributed by atoms with Crippen LogP contribution in [0.3, 0.4) is 0 Å². The smallest absolute Gasteiger partial charge is 0.141 e. The quantitative estimate of drug-likeness (QED) is 0.889. The zero-order valence-electron chi connectivity index (χ0n) is 13.0. The van der Waals surface area contributed by atoms with Crippen molar-refractivity contribution < 1.29 is 0 Å². The lowest BCUT2D eigenvalue weighted by Crippen LogP contribution is -2.62. The molecule has 1 saturated carbocycles. The highest BCUT2D eigenvalue weighted by Crippen LogP contribution is 2.35. The van der Waals surface area contributed by atoms with Crippen molar-refractivity contribution in [2.45, 2.75) is 64.7 Å². The predicted molar refractivity (Wildman–Crippen MR) is 79.3 cm³/mol. The number of piperazine rings is 1. The van der Waals surface area contributed by atoms with Crippen LogP contribution in [0.2, 0.25) is 0 Å². The van der Waals surface area contributed by atoms with Crippen molar-refractivity contribution in [3.05, 3.63) is 12.2 Å². The molecule has 0 spiro atoms. The minimum Gasteiger partial charge on any atom is -0.311 e. The van der Waals surface area contributed by atoms with Gasteiger partial charge < -0.3 is 5.32 Å². The molecule has 1 atom stereocenters. The number of hydrogen-bond acceptors (Lipinski definition) is 4. The monoisotopic (exact) mass is 277 g/mol. The van der Waals surface area contributed by atoms with E-state index in [-0.39, 0.29) is 5.54 Å². The lowest BCUT2D eigenvalue weighted by Gasteiger charge is -2.46. The average Bonchev–Trinajstić information content (AvgIpc) is 3.16. The van der Waals surface area contributed by atoms with Crippen molar-refractivity contribution in [1.29, 1.82) is 0 Å². The first-order valence-corrected chi connectivity index (χ1v) is 7.95. The van der Waals surface area contributed by atoms with Crippen molar-refractivity contribution in [3.63, 3.8) is 0 Å². The second-order valence-corrected chi connectivity index (χ2v) is 6.92. The maximum Gasteiger partial charge on any atom is 0.141 e. The normalized spacial score (nSPS) is 26.9. The number of aryl methyl sites for hydroxylation is 1. The van der Waals surface area contributed by atoms with Gasteiger partial charge in [-0.3, -0.25) is 4.90 Å². The molecule has 1 aliphatic heterocycles. The fourth-order valence-electron chi connectivity index (χ4n) is 3.11. The number of nitrogens with one attached hydrogen (secondary N) is 1. The third-order valence-electron chi connectivity index (χ3n) is 4.72. The number of rotatable bonds is 5. The van der Waals surface area contributed by atoms with Crippen LogP contribution >= 0.6 is 0 Å². The van der Waals surface area contributed by atoms with E-state index in [1.807, 2.05) is 0 Å². The summed E-state index contributed by atoms with van der Waals surface area (Å²) in [6.45, 7) is 10.9. The molecule has 1 aromatic rings. The summed E-state index contributed by atoms with van der Waals surface area (Å²) in [6, 6.07) is 0.672. The molecule has 1 aliphatic carbocycles. The Morgan fingerprint density at radius 1 is 1.40 bits per heavy atom. The van der Waals surface area contributed by atoms with E-state index >= 15 is 0 Å². The predicted octanol–water partition coefficient (Wildman–Crippen LogP) is 1.65. The molecule has 20 heavy (non-hydrogen) atoms. The summed E-state index contributed by atoms with van der Waals surface area (Å²) in [7, 11) is 0. The highest BCUT2D eigenvalue weighted by molar-refractivity contribution is 5.00. The van der Waals surface area contributed by atoms with E-state index in [0.717, 1.165) is 44.3 Å². The van der Waals surface area contributed by atoms with Gasteiger partial charge in [-0.15, -0.1) is 0 Å². The van der Waals surface area contributed by atoms with Gasteiger partial charge in [0.05, 0.1) is 6.54 Å². The molecule has 0 bridgehead atoms. The van der Waals surface area contributed by atoms with Crippen molar-refractivity contribution >= 4 is 0 Å². The highest BCUT2D eigenvalue weighted by atomic mass is 15.4. The molecule has 1 unspecified atom stereocenters. The van der Waals surface area contributed by atoms with Gasteiger partial charge in [0.15, 0.2) is 0 Å². The molecular weight excluding hydrogens is 250 g/mol. The van der Waals surface area contributed by atoms with Crippen LogP contribution in [0.5, 0.6) is 0 Å². The van der Waals surface area contributed by atoms with Gasteiger partial charge in [-0.2, -0.15) is 5.10 Å². The summed E-state index contributed by atoms with van der Waals surface area (Å²) in [5.41, 5.74) is 0.189. The van der Waals surface area contributed by atoms with E-state index in [1.165, 1.54) is 12.8 Å². The molecule has 0 amide bonds. The first kappa shape index (κ1) is 14.0. The molecule has 2 heterocycles. The number of nitrogens with zero attached hydrogens (tertiary/aromatic N) is 4. The molecule has 5 nitrogen and oxygen atoms in total. The van der Waals surface area contributed by atoms with E-state index in [2.05, 4.69) is 45.8 Å². The Hall–Kier alpha value is -0.940. The lowest BCUT2D eigenvalue weighted by molar-refractivity contribution is 0.0497. The molecule has 1 N–H and O–H groups in total. The molecule has 0 radical (unpaired) electrons. The van der Waals surface area contributed by atoms with Gasteiger partial charge in [-0.25, -0.2) is 9.67 Å². The molecule has 112 valence electrons. The molecule has 0 aromatic carbocycles. The molecule has 3 rings (SSSR count). The fraction of sp³-hybridized carbons (Fsp3) is 0.867. The third-order valence-corrected chi connectivity index (χ3v) is 4.72. The summed E-state index contributed by atoms with van der Waals surface area (Å²) in [6.07, 6.45) is 5.60. The zero-order chi connectivity index (χ0) is 14.2. The molecule has 2 aliphatic rings. The first-order chi connectivity index (χ1) is 9.60. The largest absolute Gasteiger partial charge is 0.311 e. The third kappa shape index (κ3) is 2.88. The summed E-state index contributed by atoms with van der Waals surface area (Å²) in [5, 5.41) is 8.09. The summed E-state index contributed by atoms with van der Waals surface area (Å²) < 4.78 is 2.06. The summed E-state index contributed by atoms with van der Waals surface area (Å²) >= 11 is 0.